The summed E-state index contributed by atoms with van der Waals surface area (Å²) < 4.78 is 33.1. The number of ether oxygens (including phenoxy) is 1. The van der Waals surface area contributed by atoms with Crippen molar-refractivity contribution in [2.45, 2.75) is 51.0 Å². The van der Waals surface area contributed by atoms with Gasteiger partial charge in [0.15, 0.2) is 0 Å². The molecule has 116 valence electrons. The Hall–Kier alpha value is -0.660. The Balaban J connectivity index is 2.16. The standard InChI is InChI=1S/C13H24N2O4S/c1-19-13(16)11-15(12-7-3-4-8-12)20(17,18)14-9-5-2-6-10-14/h12H,2-11H2,1H3. The zero-order chi connectivity index (χ0) is 14.6. The van der Waals surface area contributed by atoms with Crippen molar-refractivity contribution in [2.75, 3.05) is 26.7 Å². The van der Waals surface area contributed by atoms with Crippen LogP contribution in [0, 0.1) is 0 Å². The number of carbonyl (C=O) groups excluding carboxylic acids is 1. The highest BCUT2D eigenvalue weighted by atomic mass is 32.2. The molecule has 20 heavy (non-hydrogen) atoms. The van der Waals surface area contributed by atoms with Gasteiger partial charge in [0.25, 0.3) is 10.2 Å². The Morgan fingerprint density at radius 2 is 1.75 bits per heavy atom. The van der Waals surface area contributed by atoms with Crippen LogP contribution >= 0.6 is 0 Å². The molecule has 1 heterocycles. The molecule has 0 aromatic rings. The summed E-state index contributed by atoms with van der Waals surface area (Å²) in [5, 5.41) is 0. The van der Waals surface area contributed by atoms with Gasteiger partial charge in [-0.25, -0.2) is 0 Å². The van der Waals surface area contributed by atoms with Crippen molar-refractivity contribution < 1.29 is 17.9 Å². The molecule has 0 aromatic carbocycles. The number of nitrogens with zero attached hydrogens (tertiary/aromatic N) is 2. The van der Waals surface area contributed by atoms with Crippen molar-refractivity contribution in [1.29, 1.82) is 0 Å². The molecule has 0 atom stereocenters. The van der Waals surface area contributed by atoms with Crippen LogP contribution in [0.4, 0.5) is 0 Å². The van der Waals surface area contributed by atoms with Crippen molar-refractivity contribution in [3.63, 3.8) is 0 Å². The third-order valence-corrected chi connectivity index (χ3v) is 6.22. The van der Waals surface area contributed by atoms with Gasteiger partial charge in [-0.15, -0.1) is 0 Å². The van der Waals surface area contributed by atoms with E-state index in [0.717, 1.165) is 44.9 Å². The first-order valence-electron chi connectivity index (χ1n) is 7.39. The van der Waals surface area contributed by atoms with Gasteiger partial charge in [-0.1, -0.05) is 19.3 Å². The maximum Gasteiger partial charge on any atom is 0.321 e. The van der Waals surface area contributed by atoms with E-state index in [4.69, 9.17) is 0 Å². The maximum absolute atomic E-state index is 12.8. The number of hydrogen-bond donors (Lipinski definition) is 0. The van der Waals surface area contributed by atoms with Crippen molar-refractivity contribution in [1.82, 2.24) is 8.61 Å². The Morgan fingerprint density at radius 1 is 1.15 bits per heavy atom. The minimum atomic E-state index is -3.55. The van der Waals surface area contributed by atoms with Gasteiger partial charge in [0, 0.05) is 19.1 Å². The fraction of sp³-hybridized carbons (Fsp3) is 0.923. The Bertz CT molecular complexity index is 426. The van der Waals surface area contributed by atoms with Gasteiger partial charge in [-0.3, -0.25) is 4.79 Å². The van der Waals surface area contributed by atoms with Crippen molar-refractivity contribution in [3.8, 4) is 0 Å². The van der Waals surface area contributed by atoms with Crippen LogP contribution in [-0.4, -0.2) is 55.8 Å². The van der Waals surface area contributed by atoms with E-state index in [-0.39, 0.29) is 12.6 Å². The van der Waals surface area contributed by atoms with E-state index in [1.54, 1.807) is 0 Å². The minimum Gasteiger partial charge on any atom is -0.468 e. The van der Waals surface area contributed by atoms with Gasteiger partial charge >= 0.3 is 5.97 Å². The SMILES string of the molecule is COC(=O)CN(C1CCCC1)S(=O)(=O)N1CCCCC1. The topological polar surface area (TPSA) is 66.9 Å². The lowest BCUT2D eigenvalue weighted by molar-refractivity contribution is -0.141. The molecule has 1 saturated heterocycles. The zero-order valence-electron chi connectivity index (χ0n) is 12.1. The van der Waals surface area contributed by atoms with Crippen LogP contribution in [0.25, 0.3) is 0 Å². The summed E-state index contributed by atoms with van der Waals surface area (Å²) in [6.45, 7) is 0.958. The molecule has 0 spiro atoms. The molecule has 2 fully saturated rings. The summed E-state index contributed by atoms with van der Waals surface area (Å²) in [5.74, 6) is -0.488. The molecule has 2 aliphatic rings. The fourth-order valence-electron chi connectivity index (χ4n) is 3.03. The highest BCUT2D eigenvalue weighted by Gasteiger charge is 2.38. The second-order valence-corrected chi connectivity index (χ2v) is 7.41. The van der Waals surface area contributed by atoms with Crippen molar-refractivity contribution >= 4 is 16.2 Å². The Labute approximate surface area is 121 Å². The highest BCUT2D eigenvalue weighted by molar-refractivity contribution is 7.86. The van der Waals surface area contributed by atoms with Crippen LogP contribution in [0.15, 0.2) is 0 Å². The molecule has 1 aliphatic heterocycles. The molecule has 0 unspecified atom stereocenters. The lowest BCUT2D eigenvalue weighted by Crippen LogP contribution is -2.51. The molecule has 1 aliphatic carbocycles. The summed E-state index contributed by atoms with van der Waals surface area (Å²) in [5.41, 5.74) is 0. The van der Waals surface area contributed by atoms with Crippen LogP contribution in [0.3, 0.4) is 0 Å². The van der Waals surface area contributed by atoms with Crippen LogP contribution in [0.5, 0.6) is 0 Å². The van der Waals surface area contributed by atoms with Crippen LogP contribution in [0.1, 0.15) is 44.9 Å². The molecular formula is C13H24N2O4S. The average molecular weight is 304 g/mol. The molecule has 0 aromatic heterocycles. The first-order chi connectivity index (χ1) is 9.55. The van der Waals surface area contributed by atoms with E-state index in [2.05, 4.69) is 4.74 Å². The van der Waals surface area contributed by atoms with Crippen molar-refractivity contribution in [3.05, 3.63) is 0 Å². The molecule has 6 nitrogen and oxygen atoms in total. The Morgan fingerprint density at radius 3 is 2.30 bits per heavy atom. The summed E-state index contributed by atoms with van der Waals surface area (Å²) in [6.07, 6.45) is 6.60. The predicted molar refractivity (Wildman–Crippen MR) is 75.3 cm³/mol. The van der Waals surface area contributed by atoms with Crippen molar-refractivity contribution in [2.24, 2.45) is 0 Å². The Kier molecular flexibility index (Phi) is 5.40. The molecule has 1 saturated carbocycles. The fourth-order valence-corrected chi connectivity index (χ4v) is 4.90. The number of carbonyl (C=O) groups is 1. The van der Waals surface area contributed by atoms with E-state index < -0.39 is 16.2 Å². The van der Waals surface area contributed by atoms with Crippen LogP contribution in [-0.2, 0) is 19.7 Å². The molecular weight excluding hydrogens is 280 g/mol. The van der Waals surface area contributed by atoms with Crippen LogP contribution < -0.4 is 0 Å². The molecule has 2 rings (SSSR count). The number of esters is 1. The van der Waals surface area contributed by atoms with Gasteiger partial charge in [0.05, 0.1) is 7.11 Å². The van der Waals surface area contributed by atoms with E-state index in [9.17, 15) is 13.2 Å². The molecule has 0 N–H and O–H groups in total. The third-order valence-electron chi connectivity index (χ3n) is 4.18. The monoisotopic (exact) mass is 304 g/mol. The lowest BCUT2D eigenvalue weighted by Gasteiger charge is -2.34. The molecule has 0 amide bonds. The summed E-state index contributed by atoms with van der Waals surface area (Å²) in [7, 11) is -2.25. The quantitative estimate of drug-likeness (QED) is 0.714. The van der Waals surface area contributed by atoms with E-state index >= 15 is 0 Å². The predicted octanol–water partition coefficient (Wildman–Crippen LogP) is 1.13. The van der Waals surface area contributed by atoms with Gasteiger partial charge in [-0.2, -0.15) is 17.0 Å². The normalized spacial score (nSPS) is 22.3. The average Bonchev–Trinajstić information content (AvgIpc) is 2.99. The maximum atomic E-state index is 12.8. The van der Waals surface area contributed by atoms with Gasteiger partial charge in [0.1, 0.15) is 6.54 Å². The second kappa shape index (κ2) is 6.87. The van der Waals surface area contributed by atoms with E-state index in [0.29, 0.717) is 13.1 Å². The summed E-state index contributed by atoms with van der Waals surface area (Å²) in [4.78, 5) is 11.6. The van der Waals surface area contributed by atoms with E-state index in [1.807, 2.05) is 0 Å². The van der Waals surface area contributed by atoms with Crippen LogP contribution in [0.2, 0.25) is 0 Å². The number of methoxy groups -OCH3 is 1. The van der Waals surface area contributed by atoms with Gasteiger partial charge < -0.3 is 4.74 Å². The molecule has 0 bridgehead atoms. The first kappa shape index (κ1) is 15.7. The molecule has 0 radical (unpaired) electrons. The first-order valence-corrected chi connectivity index (χ1v) is 8.79. The largest absolute Gasteiger partial charge is 0.468 e. The summed E-state index contributed by atoms with van der Waals surface area (Å²) >= 11 is 0. The molecule has 7 heteroatoms. The summed E-state index contributed by atoms with van der Waals surface area (Å²) in [6, 6.07) is -0.0546. The number of hydrogen-bond acceptors (Lipinski definition) is 4. The van der Waals surface area contributed by atoms with Gasteiger partial charge in [0.2, 0.25) is 0 Å². The minimum absolute atomic E-state index is 0.0546. The number of rotatable bonds is 5. The van der Waals surface area contributed by atoms with E-state index in [1.165, 1.54) is 15.7 Å². The number of piperidine rings is 1. The lowest BCUT2D eigenvalue weighted by atomic mass is 10.2. The smallest absolute Gasteiger partial charge is 0.321 e. The second-order valence-electron chi connectivity index (χ2n) is 5.53. The highest BCUT2D eigenvalue weighted by Crippen LogP contribution is 2.28. The third kappa shape index (κ3) is 3.51. The van der Waals surface area contributed by atoms with Gasteiger partial charge in [-0.05, 0) is 25.7 Å². The zero-order valence-corrected chi connectivity index (χ0v) is 12.9.